The zero-order chi connectivity index (χ0) is 15.3. The van der Waals surface area contributed by atoms with Gasteiger partial charge < -0.3 is 14.9 Å². The van der Waals surface area contributed by atoms with Crippen molar-refractivity contribution in [1.29, 1.82) is 0 Å². The number of carboxylic acids is 1. The monoisotopic (exact) mass is 281 g/mol. The molecule has 0 unspecified atom stereocenters. The number of carboxylic acid groups (broad SMARTS) is 1. The van der Waals surface area contributed by atoms with Crippen LogP contribution in [0.3, 0.4) is 0 Å². The number of hydrogen-bond donors (Lipinski definition) is 1. The van der Waals surface area contributed by atoms with Gasteiger partial charge in [0.15, 0.2) is 0 Å². The topological polar surface area (TPSA) is 86.9 Å². The van der Waals surface area contributed by atoms with Gasteiger partial charge in [0.05, 0.1) is 4.92 Å². The van der Waals surface area contributed by atoms with Crippen LogP contribution in [0.25, 0.3) is 0 Å². The molecule has 7 nitrogen and oxygen atoms in total. The smallest absolute Gasteiger partial charge is 0.342 e. The van der Waals surface area contributed by atoms with E-state index in [9.17, 15) is 14.9 Å². The number of anilines is 1. The third-order valence-corrected chi connectivity index (χ3v) is 2.95. The van der Waals surface area contributed by atoms with Gasteiger partial charge >= 0.3 is 5.97 Å². The van der Waals surface area contributed by atoms with Crippen molar-refractivity contribution < 1.29 is 14.8 Å². The van der Waals surface area contributed by atoms with Crippen LogP contribution in [0.4, 0.5) is 11.4 Å². The predicted octanol–water partition coefficient (Wildman–Crippen LogP) is 1.68. The Morgan fingerprint density at radius 2 is 1.95 bits per heavy atom. The third-order valence-electron chi connectivity index (χ3n) is 2.95. The summed E-state index contributed by atoms with van der Waals surface area (Å²) in [5.74, 6) is -1.29. The fourth-order valence-corrected chi connectivity index (χ4v) is 1.84. The Kier molecular flexibility index (Phi) is 5.45. The number of hydrogen-bond acceptors (Lipinski definition) is 5. The minimum absolute atomic E-state index is 0.291. The van der Waals surface area contributed by atoms with Crippen LogP contribution >= 0.6 is 0 Å². The van der Waals surface area contributed by atoms with E-state index < -0.39 is 10.9 Å². The molecular formula is C13H19N3O4. The van der Waals surface area contributed by atoms with Gasteiger partial charge in [0.25, 0.3) is 5.69 Å². The molecule has 0 saturated carbocycles. The maximum atomic E-state index is 10.9. The molecule has 0 aliphatic rings. The van der Waals surface area contributed by atoms with Crippen molar-refractivity contribution >= 4 is 17.3 Å². The second-order valence-electron chi connectivity index (χ2n) is 4.84. The summed E-state index contributed by atoms with van der Waals surface area (Å²) in [5.41, 5.74) is -0.0321. The van der Waals surface area contributed by atoms with E-state index in [1.807, 2.05) is 26.0 Å². The lowest BCUT2D eigenvalue weighted by Crippen LogP contribution is -2.23. The fourth-order valence-electron chi connectivity index (χ4n) is 1.84. The van der Waals surface area contributed by atoms with Crippen molar-refractivity contribution in [2.24, 2.45) is 0 Å². The number of benzene rings is 1. The SMILES string of the molecule is CN(C)CCCN(C)c1ccc(C(=O)O)c([N+](=O)[O-])c1. The molecule has 0 atom stereocenters. The van der Waals surface area contributed by atoms with Gasteiger partial charge in [-0.05, 0) is 39.2 Å². The highest BCUT2D eigenvalue weighted by atomic mass is 16.6. The molecule has 0 bridgehead atoms. The van der Waals surface area contributed by atoms with Crippen LogP contribution in [0.15, 0.2) is 18.2 Å². The van der Waals surface area contributed by atoms with Gasteiger partial charge in [-0.25, -0.2) is 4.79 Å². The molecule has 0 spiro atoms. The zero-order valence-electron chi connectivity index (χ0n) is 11.9. The van der Waals surface area contributed by atoms with Gasteiger partial charge in [-0.1, -0.05) is 0 Å². The summed E-state index contributed by atoms with van der Waals surface area (Å²) in [6.07, 6.45) is 0.915. The first-order chi connectivity index (χ1) is 9.32. The summed E-state index contributed by atoms with van der Waals surface area (Å²) >= 11 is 0. The molecule has 1 aromatic carbocycles. The molecule has 1 N–H and O–H groups in total. The molecule has 7 heteroatoms. The molecule has 0 heterocycles. The van der Waals surface area contributed by atoms with Crippen LogP contribution < -0.4 is 4.90 Å². The van der Waals surface area contributed by atoms with Crippen molar-refractivity contribution in [3.8, 4) is 0 Å². The quantitative estimate of drug-likeness (QED) is 0.604. The molecular weight excluding hydrogens is 262 g/mol. The molecule has 0 fully saturated rings. The number of nitro groups is 1. The summed E-state index contributed by atoms with van der Waals surface area (Å²) in [6, 6.07) is 4.17. The van der Waals surface area contributed by atoms with E-state index in [1.165, 1.54) is 12.1 Å². The Morgan fingerprint density at radius 3 is 2.45 bits per heavy atom. The maximum Gasteiger partial charge on any atom is 0.342 e. The minimum atomic E-state index is -1.29. The lowest BCUT2D eigenvalue weighted by Gasteiger charge is -2.20. The van der Waals surface area contributed by atoms with Crippen molar-refractivity contribution in [3.05, 3.63) is 33.9 Å². The van der Waals surface area contributed by atoms with Crippen LogP contribution in [0.1, 0.15) is 16.8 Å². The van der Waals surface area contributed by atoms with E-state index >= 15 is 0 Å². The van der Waals surface area contributed by atoms with Crippen LogP contribution in [0, 0.1) is 10.1 Å². The predicted molar refractivity (Wildman–Crippen MR) is 76.5 cm³/mol. The number of aromatic carboxylic acids is 1. The van der Waals surface area contributed by atoms with E-state index in [-0.39, 0.29) is 11.3 Å². The van der Waals surface area contributed by atoms with Crippen molar-refractivity contribution in [2.75, 3.05) is 39.1 Å². The summed E-state index contributed by atoms with van der Waals surface area (Å²) in [5, 5.41) is 19.8. The molecule has 0 aliphatic heterocycles. The molecule has 0 aliphatic carbocycles. The summed E-state index contributed by atoms with van der Waals surface area (Å²) in [7, 11) is 5.79. The highest BCUT2D eigenvalue weighted by molar-refractivity contribution is 5.93. The Hall–Kier alpha value is -2.15. The first-order valence-electron chi connectivity index (χ1n) is 6.20. The van der Waals surface area contributed by atoms with Crippen LogP contribution in [-0.2, 0) is 0 Å². The Morgan fingerprint density at radius 1 is 1.30 bits per heavy atom. The Bertz CT molecular complexity index is 502. The first-order valence-corrected chi connectivity index (χ1v) is 6.20. The number of carbonyl (C=O) groups is 1. The van der Waals surface area contributed by atoms with E-state index in [0.717, 1.165) is 19.5 Å². The fraction of sp³-hybridized carbons (Fsp3) is 0.462. The van der Waals surface area contributed by atoms with Gasteiger partial charge in [-0.2, -0.15) is 0 Å². The van der Waals surface area contributed by atoms with Crippen molar-refractivity contribution in [2.45, 2.75) is 6.42 Å². The molecule has 1 rings (SSSR count). The Labute approximate surface area is 117 Å². The standard InChI is InChI=1S/C13H19N3O4/c1-14(2)7-4-8-15(3)10-5-6-11(13(17)18)12(9-10)16(19)20/h5-6,9H,4,7-8H2,1-3H3,(H,17,18). The van der Waals surface area contributed by atoms with E-state index in [2.05, 4.69) is 4.90 Å². The zero-order valence-corrected chi connectivity index (χ0v) is 11.9. The molecule has 0 saturated heterocycles. The third kappa shape index (κ3) is 4.20. The van der Waals surface area contributed by atoms with Gasteiger partial charge in [0.2, 0.25) is 0 Å². The highest BCUT2D eigenvalue weighted by Gasteiger charge is 2.20. The number of rotatable bonds is 7. The first kappa shape index (κ1) is 15.9. The Balaban J connectivity index is 2.88. The summed E-state index contributed by atoms with van der Waals surface area (Å²) in [6.45, 7) is 1.65. The number of nitrogens with zero attached hydrogens (tertiary/aromatic N) is 3. The number of nitro benzene ring substituents is 1. The normalized spacial score (nSPS) is 10.6. The van der Waals surface area contributed by atoms with Gasteiger partial charge in [0.1, 0.15) is 5.56 Å². The molecule has 20 heavy (non-hydrogen) atoms. The average Bonchev–Trinajstić information content (AvgIpc) is 2.37. The summed E-state index contributed by atoms with van der Waals surface area (Å²) in [4.78, 5) is 25.1. The van der Waals surface area contributed by atoms with E-state index in [4.69, 9.17) is 5.11 Å². The second kappa shape index (κ2) is 6.85. The lowest BCUT2D eigenvalue weighted by atomic mass is 10.1. The molecule has 0 aromatic heterocycles. The second-order valence-corrected chi connectivity index (χ2v) is 4.84. The van der Waals surface area contributed by atoms with E-state index in [0.29, 0.717) is 5.69 Å². The van der Waals surface area contributed by atoms with Crippen molar-refractivity contribution in [3.63, 3.8) is 0 Å². The molecule has 1 aromatic rings. The van der Waals surface area contributed by atoms with Gasteiger partial charge in [-0.15, -0.1) is 0 Å². The minimum Gasteiger partial charge on any atom is -0.477 e. The lowest BCUT2D eigenvalue weighted by molar-refractivity contribution is -0.385. The summed E-state index contributed by atoms with van der Waals surface area (Å²) < 4.78 is 0. The highest BCUT2D eigenvalue weighted by Crippen LogP contribution is 2.25. The molecule has 0 amide bonds. The van der Waals surface area contributed by atoms with Crippen LogP contribution in [0.2, 0.25) is 0 Å². The molecule has 0 radical (unpaired) electrons. The largest absolute Gasteiger partial charge is 0.477 e. The molecule has 110 valence electrons. The average molecular weight is 281 g/mol. The van der Waals surface area contributed by atoms with E-state index in [1.54, 1.807) is 6.07 Å². The van der Waals surface area contributed by atoms with Gasteiger partial charge in [0, 0.05) is 25.3 Å². The van der Waals surface area contributed by atoms with Crippen molar-refractivity contribution in [1.82, 2.24) is 4.90 Å². The van der Waals surface area contributed by atoms with Gasteiger partial charge in [-0.3, -0.25) is 10.1 Å². The van der Waals surface area contributed by atoms with Crippen LogP contribution in [0.5, 0.6) is 0 Å². The maximum absolute atomic E-state index is 10.9. The van der Waals surface area contributed by atoms with Crippen LogP contribution in [-0.4, -0.2) is 55.1 Å².